The van der Waals surface area contributed by atoms with Crippen molar-refractivity contribution in [2.75, 3.05) is 0 Å². The van der Waals surface area contributed by atoms with E-state index in [0.717, 1.165) is 6.20 Å². The molecule has 0 aliphatic rings. The van der Waals surface area contributed by atoms with Crippen molar-refractivity contribution in [1.82, 2.24) is 9.55 Å². The van der Waals surface area contributed by atoms with Crippen molar-refractivity contribution >= 4 is 0 Å². The molecule has 0 aliphatic heterocycles. The van der Waals surface area contributed by atoms with Crippen LogP contribution in [0.4, 0.5) is 13.2 Å². The minimum absolute atomic E-state index is 0.00333. The number of rotatable bonds is 1. The third-order valence-corrected chi connectivity index (χ3v) is 1.76. The van der Waals surface area contributed by atoms with Gasteiger partial charge in [0.15, 0.2) is 5.69 Å². The lowest BCUT2D eigenvalue weighted by Crippen LogP contribution is -2.05. The highest BCUT2D eigenvalue weighted by Crippen LogP contribution is 2.29. The van der Waals surface area contributed by atoms with Gasteiger partial charge in [-0.3, -0.25) is 0 Å². The molecule has 0 spiro atoms. The largest absolute Gasteiger partial charge is 0.434 e. The maximum atomic E-state index is 12.2. The first-order valence-corrected chi connectivity index (χ1v) is 4.95. The SMILES string of the molecule is CC.Cc1nc(C(F)(F)F)cn1C(C)C. The molecule has 0 fully saturated rings. The van der Waals surface area contributed by atoms with E-state index < -0.39 is 11.9 Å². The molecule has 0 aliphatic carbocycles. The summed E-state index contributed by atoms with van der Waals surface area (Å²) < 4.78 is 38.0. The normalized spacial score (nSPS) is 11.3. The van der Waals surface area contributed by atoms with Crippen LogP contribution in [0.1, 0.15) is 45.3 Å². The Bertz CT molecular complexity index is 300. The second-order valence-corrected chi connectivity index (χ2v) is 3.17. The number of aromatic nitrogens is 2. The Balaban J connectivity index is 0.000000921. The first-order chi connectivity index (χ1) is 6.82. The van der Waals surface area contributed by atoms with Gasteiger partial charge in [-0.2, -0.15) is 13.2 Å². The van der Waals surface area contributed by atoms with Crippen LogP contribution in [0.3, 0.4) is 0 Å². The van der Waals surface area contributed by atoms with Gasteiger partial charge < -0.3 is 4.57 Å². The van der Waals surface area contributed by atoms with Crippen LogP contribution in [0.15, 0.2) is 6.20 Å². The summed E-state index contributed by atoms with van der Waals surface area (Å²) in [5.41, 5.74) is -0.821. The monoisotopic (exact) mass is 222 g/mol. The van der Waals surface area contributed by atoms with Gasteiger partial charge in [0.2, 0.25) is 0 Å². The summed E-state index contributed by atoms with van der Waals surface area (Å²) in [6.45, 7) is 9.19. The Kier molecular flexibility index (Phi) is 4.84. The zero-order chi connectivity index (χ0) is 12.2. The summed E-state index contributed by atoms with van der Waals surface area (Å²) in [7, 11) is 0. The fourth-order valence-corrected chi connectivity index (χ4v) is 1.15. The maximum absolute atomic E-state index is 12.2. The molecule has 15 heavy (non-hydrogen) atoms. The van der Waals surface area contributed by atoms with Crippen LogP contribution >= 0.6 is 0 Å². The Morgan fingerprint density at radius 3 is 1.93 bits per heavy atom. The van der Waals surface area contributed by atoms with E-state index in [9.17, 15) is 13.2 Å². The van der Waals surface area contributed by atoms with E-state index in [1.807, 2.05) is 27.7 Å². The number of nitrogens with zero attached hydrogens (tertiary/aromatic N) is 2. The van der Waals surface area contributed by atoms with Crippen LogP contribution < -0.4 is 0 Å². The smallest absolute Gasteiger partial charge is 0.332 e. The zero-order valence-corrected chi connectivity index (χ0v) is 9.68. The molecule has 0 radical (unpaired) electrons. The number of aryl methyl sites for hydroxylation is 1. The molecule has 0 N–H and O–H groups in total. The van der Waals surface area contributed by atoms with E-state index in [1.165, 1.54) is 4.57 Å². The summed E-state index contributed by atoms with van der Waals surface area (Å²) >= 11 is 0. The zero-order valence-electron chi connectivity index (χ0n) is 9.68. The Morgan fingerprint density at radius 1 is 1.27 bits per heavy atom. The van der Waals surface area contributed by atoms with Gasteiger partial charge in [-0.25, -0.2) is 4.98 Å². The second-order valence-electron chi connectivity index (χ2n) is 3.17. The Morgan fingerprint density at radius 2 is 1.73 bits per heavy atom. The van der Waals surface area contributed by atoms with Crippen molar-refractivity contribution in [3.63, 3.8) is 0 Å². The maximum Gasteiger partial charge on any atom is 0.434 e. The van der Waals surface area contributed by atoms with E-state index in [4.69, 9.17) is 0 Å². The first-order valence-electron chi connectivity index (χ1n) is 4.95. The van der Waals surface area contributed by atoms with Gasteiger partial charge in [0.05, 0.1) is 0 Å². The minimum atomic E-state index is -4.34. The highest BCUT2D eigenvalue weighted by Gasteiger charge is 2.34. The van der Waals surface area contributed by atoms with Crippen molar-refractivity contribution in [2.24, 2.45) is 0 Å². The molecule has 0 aromatic carbocycles. The van der Waals surface area contributed by atoms with E-state index >= 15 is 0 Å². The number of halogens is 3. The average Bonchev–Trinajstić information content (AvgIpc) is 2.50. The molecule has 1 heterocycles. The van der Waals surface area contributed by atoms with E-state index in [-0.39, 0.29) is 6.04 Å². The molecular formula is C10H17F3N2. The number of hydrogen-bond acceptors (Lipinski definition) is 1. The van der Waals surface area contributed by atoms with Crippen LogP contribution in [-0.4, -0.2) is 9.55 Å². The van der Waals surface area contributed by atoms with E-state index in [1.54, 1.807) is 6.92 Å². The standard InChI is InChI=1S/C8H11F3N2.C2H6/c1-5(2)13-4-7(8(9,10)11)12-6(13)3;1-2/h4-5H,1-3H3;1-2H3. The van der Waals surface area contributed by atoms with Gasteiger partial charge in [0.25, 0.3) is 0 Å². The van der Waals surface area contributed by atoms with Crippen molar-refractivity contribution < 1.29 is 13.2 Å². The molecular weight excluding hydrogens is 205 g/mol. The summed E-state index contributed by atoms with van der Waals surface area (Å²) in [6, 6.07) is 0.00333. The van der Waals surface area contributed by atoms with Gasteiger partial charge >= 0.3 is 6.18 Å². The second kappa shape index (κ2) is 5.19. The first kappa shape index (κ1) is 14.0. The van der Waals surface area contributed by atoms with Crippen molar-refractivity contribution in [3.05, 3.63) is 17.7 Å². The molecule has 5 heteroatoms. The molecule has 0 amide bonds. The Labute approximate surface area is 88.1 Å². The topological polar surface area (TPSA) is 17.8 Å². The van der Waals surface area contributed by atoms with Crippen molar-refractivity contribution in [2.45, 2.75) is 46.8 Å². The highest BCUT2D eigenvalue weighted by molar-refractivity contribution is 5.07. The van der Waals surface area contributed by atoms with Crippen molar-refractivity contribution in [1.29, 1.82) is 0 Å². The van der Waals surface area contributed by atoms with Crippen LogP contribution in [-0.2, 0) is 6.18 Å². The fourth-order valence-electron chi connectivity index (χ4n) is 1.15. The van der Waals surface area contributed by atoms with E-state index in [0.29, 0.717) is 5.82 Å². The van der Waals surface area contributed by atoms with Crippen LogP contribution in [0, 0.1) is 6.92 Å². The molecule has 0 atom stereocenters. The number of alkyl halides is 3. The van der Waals surface area contributed by atoms with Gasteiger partial charge in [-0.05, 0) is 20.8 Å². The molecule has 1 aromatic rings. The molecule has 1 aromatic heterocycles. The van der Waals surface area contributed by atoms with Crippen LogP contribution in [0.2, 0.25) is 0 Å². The van der Waals surface area contributed by atoms with Gasteiger partial charge in [0, 0.05) is 12.2 Å². The fraction of sp³-hybridized carbons (Fsp3) is 0.700. The molecule has 1 rings (SSSR count). The van der Waals surface area contributed by atoms with Gasteiger partial charge in [-0.1, -0.05) is 13.8 Å². The third-order valence-electron chi connectivity index (χ3n) is 1.76. The molecule has 0 bridgehead atoms. The number of hydrogen-bond donors (Lipinski definition) is 0. The Hall–Kier alpha value is -1.00. The van der Waals surface area contributed by atoms with E-state index in [2.05, 4.69) is 4.98 Å². The lowest BCUT2D eigenvalue weighted by atomic mass is 10.4. The highest BCUT2D eigenvalue weighted by atomic mass is 19.4. The molecule has 0 saturated heterocycles. The lowest BCUT2D eigenvalue weighted by Gasteiger charge is -2.07. The summed E-state index contributed by atoms with van der Waals surface area (Å²) in [5.74, 6) is 0.391. The molecule has 2 nitrogen and oxygen atoms in total. The predicted molar refractivity (Wildman–Crippen MR) is 53.7 cm³/mol. The lowest BCUT2D eigenvalue weighted by molar-refractivity contribution is -0.141. The van der Waals surface area contributed by atoms with Crippen molar-refractivity contribution in [3.8, 4) is 0 Å². The molecule has 88 valence electrons. The van der Waals surface area contributed by atoms with Gasteiger partial charge in [0.1, 0.15) is 5.82 Å². The van der Waals surface area contributed by atoms with Crippen LogP contribution in [0.25, 0.3) is 0 Å². The molecule has 0 unspecified atom stereocenters. The summed E-state index contributed by atoms with van der Waals surface area (Å²) in [6.07, 6.45) is -3.30. The van der Waals surface area contributed by atoms with Gasteiger partial charge in [-0.15, -0.1) is 0 Å². The predicted octanol–water partition coefficient (Wildman–Crippen LogP) is 3.82. The van der Waals surface area contributed by atoms with Crippen LogP contribution in [0.5, 0.6) is 0 Å². The summed E-state index contributed by atoms with van der Waals surface area (Å²) in [4.78, 5) is 3.44. The summed E-state index contributed by atoms with van der Waals surface area (Å²) in [5, 5.41) is 0. The average molecular weight is 222 g/mol. The minimum Gasteiger partial charge on any atom is -0.332 e. The quantitative estimate of drug-likeness (QED) is 0.706. The molecule has 0 saturated carbocycles. The third kappa shape index (κ3) is 3.57. The number of imidazole rings is 1.